The average Bonchev–Trinajstić information content (AvgIpc) is 3.04. The smallest absolute Gasteiger partial charge is 0.335 e. The summed E-state index contributed by atoms with van der Waals surface area (Å²) in [7, 11) is 0. The second kappa shape index (κ2) is 7.14. The van der Waals surface area contributed by atoms with Crippen molar-refractivity contribution in [2.45, 2.75) is 6.54 Å². The minimum atomic E-state index is -1.17. The van der Waals surface area contributed by atoms with Gasteiger partial charge in [0, 0.05) is 18.7 Å². The highest BCUT2D eigenvalue weighted by Crippen LogP contribution is 2.13. The van der Waals surface area contributed by atoms with Crippen molar-refractivity contribution >= 4 is 22.7 Å². The summed E-state index contributed by atoms with van der Waals surface area (Å²) in [5, 5.41) is 18.7. The predicted octanol–water partition coefficient (Wildman–Crippen LogP) is 2.31. The molecule has 0 radical (unpaired) electrons. The molecule has 0 atom stereocenters. The third kappa shape index (κ3) is 3.89. The maximum absolute atomic E-state index is 10.4. The topological polar surface area (TPSA) is 135 Å². The van der Waals surface area contributed by atoms with Crippen LogP contribution in [0, 0.1) is 10.1 Å². The quantitative estimate of drug-likeness (QED) is 0.501. The molecule has 3 rings (SSSR count). The van der Waals surface area contributed by atoms with Crippen molar-refractivity contribution in [2.75, 3.05) is 0 Å². The van der Waals surface area contributed by atoms with Crippen molar-refractivity contribution in [3.8, 4) is 0 Å². The van der Waals surface area contributed by atoms with Crippen molar-refractivity contribution in [3.05, 3.63) is 70.0 Å². The number of hydrogen-bond acceptors (Lipinski definition) is 5. The Balaban J connectivity index is 0.000000167. The number of para-hydroxylation sites is 1. The fourth-order valence-electron chi connectivity index (χ4n) is 1.94. The lowest BCUT2D eigenvalue weighted by Gasteiger charge is -1.95. The second-order valence-electron chi connectivity index (χ2n) is 4.53. The zero-order valence-electron chi connectivity index (χ0n) is 12.0. The van der Waals surface area contributed by atoms with Crippen LogP contribution in [0.1, 0.15) is 15.9 Å². The standard InChI is InChI=1S/C8H9N3.C7H5NO4/c9-4-6-2-1-3-7-8(6)11-5-10-7;9-7(10)5-2-1-3-6(4-5)8(11)12/h1-3,5H,4,9H2,(H,10,11);1-4H,(H,9,10). The highest BCUT2D eigenvalue weighted by molar-refractivity contribution is 5.88. The molecule has 23 heavy (non-hydrogen) atoms. The molecule has 118 valence electrons. The summed E-state index contributed by atoms with van der Waals surface area (Å²) in [4.78, 5) is 27.1. The molecule has 8 heteroatoms. The molecule has 4 N–H and O–H groups in total. The molecule has 2 aromatic carbocycles. The number of imidazole rings is 1. The summed E-state index contributed by atoms with van der Waals surface area (Å²) in [6.45, 7) is 0.544. The van der Waals surface area contributed by atoms with E-state index in [1.165, 1.54) is 18.2 Å². The molecule has 0 unspecified atom stereocenters. The van der Waals surface area contributed by atoms with Gasteiger partial charge in [-0.3, -0.25) is 10.1 Å². The maximum atomic E-state index is 10.4. The predicted molar refractivity (Wildman–Crippen MR) is 84.0 cm³/mol. The summed E-state index contributed by atoms with van der Waals surface area (Å²) in [5.41, 5.74) is 8.35. The molecule has 0 aliphatic rings. The lowest BCUT2D eigenvalue weighted by atomic mass is 10.2. The molecule has 1 aromatic heterocycles. The number of benzene rings is 2. The average molecular weight is 314 g/mol. The number of non-ortho nitro benzene ring substituents is 1. The van der Waals surface area contributed by atoms with E-state index in [1.807, 2.05) is 18.2 Å². The molecule has 0 aliphatic heterocycles. The summed E-state index contributed by atoms with van der Waals surface area (Å²) >= 11 is 0. The van der Waals surface area contributed by atoms with Crippen molar-refractivity contribution in [3.63, 3.8) is 0 Å². The molecule has 1 heterocycles. The van der Waals surface area contributed by atoms with Gasteiger partial charge < -0.3 is 15.8 Å². The molecule has 3 aromatic rings. The number of rotatable bonds is 3. The van der Waals surface area contributed by atoms with Crippen LogP contribution < -0.4 is 5.73 Å². The molecule has 0 bridgehead atoms. The van der Waals surface area contributed by atoms with Gasteiger partial charge in [-0.2, -0.15) is 0 Å². The Morgan fingerprint density at radius 2 is 2.04 bits per heavy atom. The van der Waals surface area contributed by atoms with Crippen molar-refractivity contribution < 1.29 is 14.8 Å². The number of nitrogens with two attached hydrogens (primary N) is 1. The van der Waals surface area contributed by atoms with Crippen molar-refractivity contribution in [2.24, 2.45) is 5.73 Å². The molecule has 0 saturated heterocycles. The van der Waals surface area contributed by atoms with Crippen LogP contribution in [0.5, 0.6) is 0 Å². The van der Waals surface area contributed by atoms with Crippen LogP contribution in [-0.2, 0) is 6.54 Å². The third-order valence-corrected chi connectivity index (χ3v) is 3.06. The molecule has 0 spiro atoms. The second-order valence-corrected chi connectivity index (χ2v) is 4.53. The van der Waals surface area contributed by atoms with E-state index in [1.54, 1.807) is 6.33 Å². The van der Waals surface area contributed by atoms with E-state index in [0.29, 0.717) is 6.54 Å². The first-order chi connectivity index (χ1) is 11.0. The minimum Gasteiger partial charge on any atom is -0.478 e. The van der Waals surface area contributed by atoms with Gasteiger partial charge in [0.25, 0.3) is 5.69 Å². The molecule has 0 aliphatic carbocycles. The molecular formula is C15H14N4O4. The Hall–Kier alpha value is -3.26. The number of carboxylic acid groups (broad SMARTS) is 1. The number of carboxylic acids is 1. The maximum Gasteiger partial charge on any atom is 0.335 e. The lowest BCUT2D eigenvalue weighted by Crippen LogP contribution is -1.97. The van der Waals surface area contributed by atoms with Gasteiger partial charge in [-0.05, 0) is 17.7 Å². The third-order valence-electron chi connectivity index (χ3n) is 3.06. The van der Waals surface area contributed by atoms with E-state index < -0.39 is 10.9 Å². The Morgan fingerprint density at radius 1 is 1.30 bits per heavy atom. The normalized spacial score (nSPS) is 9.96. The first-order valence-corrected chi connectivity index (χ1v) is 6.61. The largest absolute Gasteiger partial charge is 0.478 e. The van der Waals surface area contributed by atoms with E-state index in [4.69, 9.17) is 10.8 Å². The number of carbonyl (C=O) groups is 1. The highest BCUT2D eigenvalue weighted by atomic mass is 16.6. The molecule has 0 saturated carbocycles. The Bertz CT molecular complexity index is 815. The van der Waals surface area contributed by atoms with Crippen LogP contribution in [0.15, 0.2) is 48.8 Å². The van der Waals surface area contributed by atoms with E-state index >= 15 is 0 Å². The number of nitro benzene ring substituents is 1. The van der Waals surface area contributed by atoms with Gasteiger partial charge in [0.2, 0.25) is 0 Å². The van der Waals surface area contributed by atoms with Gasteiger partial charge in [0.1, 0.15) is 0 Å². The Kier molecular flexibility index (Phi) is 5.00. The molecular weight excluding hydrogens is 300 g/mol. The number of nitro groups is 1. The van der Waals surface area contributed by atoms with Gasteiger partial charge >= 0.3 is 5.97 Å². The van der Waals surface area contributed by atoms with Crippen molar-refractivity contribution in [1.82, 2.24) is 9.97 Å². The Labute approximate surface area is 130 Å². The number of fused-ring (bicyclic) bond motifs is 1. The van der Waals surface area contributed by atoms with E-state index in [9.17, 15) is 14.9 Å². The van der Waals surface area contributed by atoms with Crippen LogP contribution in [0.4, 0.5) is 5.69 Å². The van der Waals surface area contributed by atoms with Gasteiger partial charge in [0.15, 0.2) is 0 Å². The first kappa shape index (κ1) is 16.1. The number of H-pyrrole nitrogens is 1. The van der Waals surface area contributed by atoms with Crippen LogP contribution in [0.2, 0.25) is 0 Å². The Morgan fingerprint density at radius 3 is 2.70 bits per heavy atom. The number of aromatic amines is 1. The van der Waals surface area contributed by atoms with Crippen LogP contribution in [0.25, 0.3) is 11.0 Å². The lowest BCUT2D eigenvalue weighted by molar-refractivity contribution is -0.384. The number of hydrogen-bond donors (Lipinski definition) is 3. The number of aromatic carboxylic acids is 1. The number of nitrogens with zero attached hydrogens (tertiary/aromatic N) is 2. The minimum absolute atomic E-state index is 0.0794. The monoisotopic (exact) mass is 314 g/mol. The fourth-order valence-corrected chi connectivity index (χ4v) is 1.94. The van der Waals surface area contributed by atoms with Crippen LogP contribution >= 0.6 is 0 Å². The SMILES string of the molecule is NCc1cccc2[nH]cnc12.O=C(O)c1cccc([N+](=O)[O-])c1. The molecule has 0 amide bonds. The van der Waals surface area contributed by atoms with Gasteiger partial charge in [0.05, 0.1) is 27.8 Å². The van der Waals surface area contributed by atoms with Crippen LogP contribution in [-0.4, -0.2) is 26.0 Å². The van der Waals surface area contributed by atoms with Crippen molar-refractivity contribution in [1.29, 1.82) is 0 Å². The van der Waals surface area contributed by atoms with E-state index in [2.05, 4.69) is 9.97 Å². The van der Waals surface area contributed by atoms with Gasteiger partial charge in [-0.25, -0.2) is 9.78 Å². The van der Waals surface area contributed by atoms with E-state index in [0.717, 1.165) is 22.7 Å². The summed E-state index contributed by atoms with van der Waals surface area (Å²) < 4.78 is 0. The zero-order chi connectivity index (χ0) is 16.8. The summed E-state index contributed by atoms with van der Waals surface area (Å²) in [6, 6.07) is 10.8. The first-order valence-electron chi connectivity index (χ1n) is 6.61. The summed E-state index contributed by atoms with van der Waals surface area (Å²) in [5.74, 6) is -1.17. The summed E-state index contributed by atoms with van der Waals surface area (Å²) in [6.07, 6.45) is 1.68. The zero-order valence-corrected chi connectivity index (χ0v) is 12.0. The van der Waals surface area contributed by atoms with Crippen LogP contribution in [0.3, 0.4) is 0 Å². The van der Waals surface area contributed by atoms with E-state index in [-0.39, 0.29) is 11.3 Å². The highest BCUT2D eigenvalue weighted by Gasteiger charge is 2.09. The molecule has 8 nitrogen and oxygen atoms in total. The fraction of sp³-hybridized carbons (Fsp3) is 0.0667. The number of nitrogens with one attached hydrogen (secondary N) is 1. The van der Waals surface area contributed by atoms with Gasteiger partial charge in [-0.15, -0.1) is 0 Å². The molecule has 0 fully saturated rings. The number of aromatic nitrogens is 2. The van der Waals surface area contributed by atoms with Gasteiger partial charge in [-0.1, -0.05) is 18.2 Å².